The Bertz CT molecular complexity index is 817. The highest BCUT2D eigenvalue weighted by Crippen LogP contribution is 2.43. The molecule has 298 valence electrons. The first-order valence-corrected chi connectivity index (χ1v) is 22.4. The molecule has 0 aromatic carbocycles. The number of aliphatic hydroxyl groups excluding tert-OH is 2. The Kier molecular flexibility index (Phi) is 36.0. The Labute approximate surface area is 307 Å². The second-order valence-corrected chi connectivity index (χ2v) is 15.8. The van der Waals surface area contributed by atoms with Gasteiger partial charge in [-0.15, -0.1) is 0 Å². The summed E-state index contributed by atoms with van der Waals surface area (Å²) in [5.41, 5.74) is 5.36. The minimum absolute atomic E-state index is 0.0592. The van der Waals surface area contributed by atoms with Crippen LogP contribution in [0.1, 0.15) is 200 Å². The minimum Gasteiger partial charge on any atom is -0.393 e. The van der Waals surface area contributed by atoms with Crippen LogP contribution < -0.4 is 11.1 Å². The predicted octanol–water partition coefficient (Wildman–Crippen LogP) is 10.2. The van der Waals surface area contributed by atoms with Crippen LogP contribution in [-0.4, -0.2) is 59.0 Å². The number of nitrogens with one attached hydrogen (secondary N) is 1. The predicted molar refractivity (Wildman–Crippen MR) is 209 cm³/mol. The van der Waals surface area contributed by atoms with E-state index in [-0.39, 0.29) is 26.2 Å². The van der Waals surface area contributed by atoms with Gasteiger partial charge >= 0.3 is 7.82 Å². The molecule has 0 saturated carbocycles. The average Bonchev–Trinajstić information content (AvgIpc) is 3.09. The number of carbonyl (C=O) groups excluding carboxylic acids is 1. The van der Waals surface area contributed by atoms with Gasteiger partial charge in [-0.05, 0) is 32.1 Å². The highest BCUT2D eigenvalue weighted by Gasteiger charge is 2.28. The largest absolute Gasteiger partial charge is 0.472 e. The molecule has 0 spiro atoms. The monoisotopic (exact) mass is 733 g/mol. The van der Waals surface area contributed by atoms with Crippen molar-refractivity contribution in [1.82, 2.24) is 5.32 Å². The molecule has 4 unspecified atom stereocenters. The summed E-state index contributed by atoms with van der Waals surface area (Å²) in [4.78, 5) is 22.7. The van der Waals surface area contributed by atoms with E-state index in [4.69, 9.17) is 14.8 Å². The van der Waals surface area contributed by atoms with Crippen LogP contribution in [0, 0.1) is 0 Å². The molecule has 0 rings (SSSR count). The van der Waals surface area contributed by atoms with Gasteiger partial charge in [-0.2, -0.15) is 0 Å². The van der Waals surface area contributed by atoms with E-state index in [2.05, 4.69) is 31.3 Å². The van der Waals surface area contributed by atoms with Crippen molar-refractivity contribution in [2.24, 2.45) is 5.73 Å². The fourth-order valence-corrected chi connectivity index (χ4v) is 6.98. The maximum absolute atomic E-state index is 12.7. The van der Waals surface area contributed by atoms with Crippen molar-refractivity contribution in [3.8, 4) is 0 Å². The van der Waals surface area contributed by atoms with Crippen LogP contribution in [-0.2, 0) is 18.4 Å². The van der Waals surface area contributed by atoms with E-state index < -0.39 is 32.0 Å². The van der Waals surface area contributed by atoms with Crippen LogP contribution >= 0.6 is 7.82 Å². The molecule has 0 heterocycles. The molecule has 0 fully saturated rings. The first-order valence-electron chi connectivity index (χ1n) is 20.9. The fourth-order valence-electron chi connectivity index (χ4n) is 6.22. The van der Waals surface area contributed by atoms with E-state index in [0.29, 0.717) is 12.8 Å². The summed E-state index contributed by atoms with van der Waals surface area (Å²) >= 11 is 0. The maximum atomic E-state index is 12.7. The van der Waals surface area contributed by atoms with Crippen LogP contribution in [0.15, 0.2) is 12.2 Å². The molecule has 0 saturated heterocycles. The summed E-state index contributed by atoms with van der Waals surface area (Å²) in [5, 5.41) is 24.1. The summed E-state index contributed by atoms with van der Waals surface area (Å²) < 4.78 is 22.1. The number of rotatable bonds is 39. The average molecular weight is 733 g/mol. The first-order chi connectivity index (χ1) is 24.3. The number of allylic oxidation sites excluding steroid dienone is 2. The van der Waals surface area contributed by atoms with Crippen LogP contribution in [0.5, 0.6) is 0 Å². The van der Waals surface area contributed by atoms with Gasteiger partial charge in [0.1, 0.15) is 0 Å². The Balaban J connectivity index is 4.23. The molecule has 0 radical (unpaired) electrons. The molecule has 0 aromatic rings. The third-order valence-corrected chi connectivity index (χ3v) is 10.4. The lowest BCUT2D eigenvalue weighted by atomic mass is 10.0. The van der Waals surface area contributed by atoms with Crippen LogP contribution in [0.25, 0.3) is 0 Å². The van der Waals surface area contributed by atoms with E-state index in [1.807, 2.05) is 0 Å². The van der Waals surface area contributed by atoms with E-state index >= 15 is 0 Å². The Morgan fingerprint density at radius 1 is 0.660 bits per heavy atom. The number of hydrogen-bond donors (Lipinski definition) is 5. The van der Waals surface area contributed by atoms with E-state index in [9.17, 15) is 24.5 Å². The lowest BCUT2D eigenvalue weighted by Crippen LogP contribution is -2.47. The maximum Gasteiger partial charge on any atom is 0.472 e. The van der Waals surface area contributed by atoms with Gasteiger partial charge in [0.15, 0.2) is 0 Å². The second-order valence-electron chi connectivity index (χ2n) is 14.4. The first kappa shape index (κ1) is 49.2. The molecular formula is C40H81N2O7P. The normalized spacial score (nSPS) is 14.9. The van der Waals surface area contributed by atoms with E-state index in [1.54, 1.807) is 0 Å². The number of amides is 1. The van der Waals surface area contributed by atoms with Crippen molar-refractivity contribution < 1.29 is 33.5 Å². The van der Waals surface area contributed by atoms with Gasteiger partial charge in [0, 0.05) is 6.54 Å². The van der Waals surface area contributed by atoms with Crippen LogP contribution in [0.4, 0.5) is 0 Å². The highest BCUT2D eigenvalue weighted by atomic mass is 31.2. The van der Waals surface area contributed by atoms with Crippen molar-refractivity contribution >= 4 is 13.7 Å². The molecule has 0 aromatic heterocycles. The fraction of sp³-hybridized carbons (Fsp3) is 0.925. The Morgan fingerprint density at radius 3 is 1.60 bits per heavy atom. The molecule has 4 atom stereocenters. The lowest BCUT2D eigenvalue weighted by molar-refractivity contribution is -0.125. The Hall–Kier alpha value is -0.800. The van der Waals surface area contributed by atoms with Gasteiger partial charge in [0.2, 0.25) is 5.91 Å². The third-order valence-electron chi connectivity index (χ3n) is 9.42. The summed E-state index contributed by atoms with van der Waals surface area (Å²) in [7, 11) is -4.37. The molecule has 1 amide bonds. The summed E-state index contributed by atoms with van der Waals surface area (Å²) in [5.74, 6) is -0.423. The van der Waals surface area contributed by atoms with Gasteiger partial charge < -0.3 is 26.2 Å². The van der Waals surface area contributed by atoms with Crippen LogP contribution in [0.2, 0.25) is 0 Å². The number of phosphoric acid groups is 1. The van der Waals surface area contributed by atoms with E-state index in [1.165, 1.54) is 116 Å². The zero-order valence-corrected chi connectivity index (χ0v) is 33.4. The van der Waals surface area contributed by atoms with Crippen molar-refractivity contribution in [2.45, 2.75) is 218 Å². The molecule has 10 heteroatoms. The molecule has 6 N–H and O–H groups in total. The number of unbranched alkanes of at least 4 members (excludes halogenated alkanes) is 23. The van der Waals surface area contributed by atoms with Crippen molar-refractivity contribution in [3.05, 3.63) is 12.2 Å². The topological polar surface area (TPSA) is 151 Å². The lowest BCUT2D eigenvalue weighted by Gasteiger charge is -2.25. The van der Waals surface area contributed by atoms with E-state index in [0.717, 1.165) is 51.4 Å². The van der Waals surface area contributed by atoms with Gasteiger partial charge in [-0.1, -0.05) is 174 Å². The number of phosphoric ester groups is 1. The highest BCUT2D eigenvalue weighted by molar-refractivity contribution is 7.47. The Morgan fingerprint density at radius 2 is 1.10 bits per heavy atom. The molecule has 0 bridgehead atoms. The molecule has 0 aliphatic carbocycles. The number of aliphatic hydroxyl groups is 2. The zero-order chi connectivity index (χ0) is 37.0. The number of carbonyl (C=O) groups is 1. The molecule has 9 nitrogen and oxygen atoms in total. The molecule has 0 aliphatic rings. The van der Waals surface area contributed by atoms with Crippen LogP contribution in [0.3, 0.4) is 0 Å². The summed E-state index contributed by atoms with van der Waals surface area (Å²) in [6.07, 6.45) is 35.5. The van der Waals surface area contributed by atoms with Gasteiger partial charge in [-0.25, -0.2) is 4.57 Å². The minimum atomic E-state index is -4.37. The third kappa shape index (κ3) is 34.3. The summed E-state index contributed by atoms with van der Waals surface area (Å²) in [6, 6.07) is -0.897. The standard InChI is InChI=1S/C40H81N2O7P/c1-3-5-7-9-11-13-14-15-16-17-18-19-20-21-22-24-26-28-30-32-39(44)38(36-49-50(46,47)48-34-33-41)42-40(45)35-37(43)31-29-27-25-23-12-10-8-6-4-2/h10,12,37-39,43-44H,3-9,11,13-36,41H2,1-2H3,(H,42,45)(H,46,47)/b12-10-. The molecule has 50 heavy (non-hydrogen) atoms. The van der Waals surface area contributed by atoms with Gasteiger partial charge in [-0.3, -0.25) is 13.8 Å². The molecular weight excluding hydrogens is 651 g/mol. The van der Waals surface area contributed by atoms with Crippen molar-refractivity contribution in [1.29, 1.82) is 0 Å². The number of hydrogen-bond acceptors (Lipinski definition) is 7. The smallest absolute Gasteiger partial charge is 0.393 e. The van der Waals surface area contributed by atoms with Gasteiger partial charge in [0.05, 0.1) is 37.9 Å². The van der Waals surface area contributed by atoms with Crippen molar-refractivity contribution in [3.63, 3.8) is 0 Å². The zero-order valence-electron chi connectivity index (χ0n) is 32.5. The van der Waals surface area contributed by atoms with Gasteiger partial charge in [0.25, 0.3) is 0 Å². The second kappa shape index (κ2) is 36.6. The quantitative estimate of drug-likeness (QED) is 0.0238. The van der Waals surface area contributed by atoms with Crippen molar-refractivity contribution in [2.75, 3.05) is 19.8 Å². The number of nitrogens with two attached hydrogens (primary N) is 1. The summed E-state index contributed by atoms with van der Waals surface area (Å²) in [6.45, 7) is 3.99. The SMILES string of the molecule is CCCC/C=C\CCCCCC(O)CC(=O)NC(COP(=O)(O)OCCN)C(O)CCCCCCCCCCCCCCCCCCCCC. The molecule has 0 aliphatic heterocycles.